The molecular formula is C17H24FN7. The van der Waals surface area contributed by atoms with Gasteiger partial charge in [0.25, 0.3) is 0 Å². The fourth-order valence-corrected chi connectivity index (χ4v) is 3.04. The van der Waals surface area contributed by atoms with E-state index >= 15 is 0 Å². The van der Waals surface area contributed by atoms with Crippen molar-refractivity contribution in [2.45, 2.75) is 20.0 Å². The molecule has 0 saturated carbocycles. The molecule has 0 radical (unpaired) electrons. The first-order valence-corrected chi connectivity index (χ1v) is 8.54. The van der Waals surface area contributed by atoms with Crippen LogP contribution in [-0.4, -0.2) is 58.9 Å². The number of nitrogens with one attached hydrogen (secondary N) is 1. The highest BCUT2D eigenvalue weighted by Gasteiger charge is 2.21. The minimum Gasteiger partial charge on any atom is -0.366 e. The van der Waals surface area contributed by atoms with Gasteiger partial charge in [-0.15, -0.1) is 10.2 Å². The first-order chi connectivity index (χ1) is 12.2. The van der Waals surface area contributed by atoms with E-state index in [9.17, 15) is 4.39 Å². The van der Waals surface area contributed by atoms with Gasteiger partial charge < -0.3 is 19.7 Å². The smallest absolute Gasteiger partial charge is 0.194 e. The van der Waals surface area contributed by atoms with Crippen molar-refractivity contribution in [3.63, 3.8) is 0 Å². The molecular weight excluding hydrogens is 321 g/mol. The average molecular weight is 345 g/mol. The van der Waals surface area contributed by atoms with Crippen molar-refractivity contribution in [1.29, 1.82) is 0 Å². The molecule has 2 heterocycles. The SMILES string of the molecule is CCn1cnnc1CNC(=NC)N1CCN(c2ccccc2F)CC1. The van der Waals surface area contributed by atoms with E-state index in [4.69, 9.17) is 0 Å². The van der Waals surface area contributed by atoms with Gasteiger partial charge in [-0.25, -0.2) is 4.39 Å². The third-order valence-corrected chi connectivity index (χ3v) is 4.43. The molecule has 0 unspecified atom stereocenters. The summed E-state index contributed by atoms with van der Waals surface area (Å²) < 4.78 is 15.9. The van der Waals surface area contributed by atoms with Crippen LogP contribution in [0.15, 0.2) is 35.6 Å². The standard InChI is InChI=1S/C17H24FN7/c1-3-23-13-21-22-16(23)12-20-17(19-2)25-10-8-24(9-11-25)15-7-5-4-6-14(15)18/h4-7,13H,3,8-12H2,1-2H3,(H,19,20). The lowest BCUT2D eigenvalue weighted by Crippen LogP contribution is -2.52. The monoisotopic (exact) mass is 345 g/mol. The van der Waals surface area contributed by atoms with Crippen LogP contribution >= 0.6 is 0 Å². The third kappa shape index (κ3) is 3.89. The van der Waals surface area contributed by atoms with Crippen molar-refractivity contribution in [2.75, 3.05) is 38.1 Å². The summed E-state index contributed by atoms with van der Waals surface area (Å²) in [5.41, 5.74) is 0.668. The Bertz CT molecular complexity index is 719. The van der Waals surface area contributed by atoms with E-state index < -0.39 is 0 Å². The quantitative estimate of drug-likeness (QED) is 0.669. The Hall–Kier alpha value is -2.64. The van der Waals surface area contributed by atoms with E-state index in [1.165, 1.54) is 6.07 Å². The number of nitrogens with zero attached hydrogens (tertiary/aromatic N) is 6. The van der Waals surface area contributed by atoms with Crippen LogP contribution in [-0.2, 0) is 13.1 Å². The van der Waals surface area contributed by atoms with Gasteiger partial charge in [0.05, 0.1) is 12.2 Å². The Morgan fingerprint density at radius 1 is 1.24 bits per heavy atom. The Kier molecular flexibility index (Phi) is 5.47. The van der Waals surface area contributed by atoms with Gasteiger partial charge in [-0.2, -0.15) is 0 Å². The predicted molar refractivity (Wildman–Crippen MR) is 96.1 cm³/mol. The largest absolute Gasteiger partial charge is 0.366 e. The number of aliphatic imine (C=N–C) groups is 1. The number of para-hydroxylation sites is 1. The van der Waals surface area contributed by atoms with Crippen molar-refractivity contribution in [2.24, 2.45) is 4.99 Å². The highest BCUT2D eigenvalue weighted by molar-refractivity contribution is 5.80. The van der Waals surface area contributed by atoms with Crippen molar-refractivity contribution < 1.29 is 4.39 Å². The van der Waals surface area contributed by atoms with Crippen LogP contribution < -0.4 is 10.2 Å². The second kappa shape index (κ2) is 7.96. The second-order valence-electron chi connectivity index (χ2n) is 5.86. The zero-order valence-corrected chi connectivity index (χ0v) is 14.7. The number of anilines is 1. The van der Waals surface area contributed by atoms with E-state index in [0.717, 1.165) is 44.5 Å². The molecule has 8 heteroatoms. The van der Waals surface area contributed by atoms with Gasteiger partial charge in [0.15, 0.2) is 11.8 Å². The minimum absolute atomic E-state index is 0.169. The molecule has 0 aliphatic carbocycles. The molecule has 25 heavy (non-hydrogen) atoms. The number of guanidine groups is 1. The molecule has 1 aliphatic rings. The number of hydrogen-bond acceptors (Lipinski definition) is 4. The maximum atomic E-state index is 13.9. The third-order valence-electron chi connectivity index (χ3n) is 4.43. The molecule has 1 aromatic carbocycles. The van der Waals surface area contributed by atoms with Gasteiger partial charge in [-0.05, 0) is 19.1 Å². The molecule has 0 amide bonds. The number of benzene rings is 1. The second-order valence-corrected chi connectivity index (χ2v) is 5.86. The van der Waals surface area contributed by atoms with Crippen molar-refractivity contribution in [3.05, 3.63) is 42.2 Å². The number of halogens is 1. The lowest BCUT2D eigenvalue weighted by molar-refractivity contribution is 0.370. The molecule has 0 bridgehead atoms. The average Bonchev–Trinajstić information content (AvgIpc) is 3.11. The number of aryl methyl sites for hydroxylation is 1. The lowest BCUT2D eigenvalue weighted by Gasteiger charge is -2.37. The first kappa shape index (κ1) is 17.2. The molecule has 0 atom stereocenters. The minimum atomic E-state index is -0.169. The predicted octanol–water partition coefficient (Wildman–Crippen LogP) is 1.33. The van der Waals surface area contributed by atoms with Crippen LogP contribution in [0.2, 0.25) is 0 Å². The summed E-state index contributed by atoms with van der Waals surface area (Å²) in [5.74, 6) is 1.55. The normalized spacial score (nSPS) is 15.6. The van der Waals surface area contributed by atoms with Crippen molar-refractivity contribution >= 4 is 11.6 Å². The molecule has 1 fully saturated rings. The highest BCUT2D eigenvalue weighted by atomic mass is 19.1. The van der Waals surface area contributed by atoms with E-state index in [-0.39, 0.29) is 5.82 Å². The Morgan fingerprint density at radius 2 is 2.00 bits per heavy atom. The topological polar surface area (TPSA) is 61.6 Å². The summed E-state index contributed by atoms with van der Waals surface area (Å²) in [7, 11) is 1.77. The Labute approximate surface area is 147 Å². The molecule has 134 valence electrons. The number of hydrogen-bond donors (Lipinski definition) is 1. The van der Waals surface area contributed by atoms with E-state index in [0.29, 0.717) is 12.2 Å². The highest BCUT2D eigenvalue weighted by Crippen LogP contribution is 2.20. The molecule has 3 rings (SSSR count). The van der Waals surface area contributed by atoms with E-state index in [2.05, 4.69) is 37.2 Å². The van der Waals surface area contributed by atoms with Crippen LogP contribution in [0.5, 0.6) is 0 Å². The van der Waals surface area contributed by atoms with Crippen LogP contribution in [0.3, 0.4) is 0 Å². The molecule has 0 spiro atoms. The van der Waals surface area contributed by atoms with Crippen LogP contribution in [0.1, 0.15) is 12.7 Å². The van der Waals surface area contributed by atoms with Crippen LogP contribution in [0, 0.1) is 5.82 Å². The van der Waals surface area contributed by atoms with Crippen LogP contribution in [0.25, 0.3) is 0 Å². The van der Waals surface area contributed by atoms with Crippen LogP contribution in [0.4, 0.5) is 10.1 Å². The summed E-state index contributed by atoms with van der Waals surface area (Å²) in [6.07, 6.45) is 1.73. The summed E-state index contributed by atoms with van der Waals surface area (Å²) in [5, 5.41) is 11.4. The zero-order valence-electron chi connectivity index (χ0n) is 14.7. The van der Waals surface area contributed by atoms with Gasteiger partial charge >= 0.3 is 0 Å². The molecule has 1 N–H and O–H groups in total. The van der Waals surface area contributed by atoms with E-state index in [1.54, 1.807) is 19.4 Å². The Morgan fingerprint density at radius 3 is 2.68 bits per heavy atom. The van der Waals surface area contributed by atoms with Gasteiger partial charge in [0.1, 0.15) is 12.1 Å². The molecule has 1 aromatic heterocycles. The lowest BCUT2D eigenvalue weighted by atomic mass is 10.2. The molecule has 1 aliphatic heterocycles. The Balaban J connectivity index is 1.56. The fraction of sp³-hybridized carbons (Fsp3) is 0.471. The van der Waals surface area contributed by atoms with Crippen molar-refractivity contribution in [1.82, 2.24) is 25.0 Å². The summed E-state index contributed by atoms with van der Waals surface area (Å²) in [6.45, 7) is 6.56. The number of rotatable bonds is 4. The van der Waals surface area contributed by atoms with Gasteiger partial charge in [-0.3, -0.25) is 4.99 Å². The first-order valence-electron chi connectivity index (χ1n) is 8.54. The summed E-state index contributed by atoms with van der Waals surface area (Å²) in [6, 6.07) is 6.92. The van der Waals surface area contributed by atoms with Gasteiger partial charge in [-0.1, -0.05) is 12.1 Å². The maximum absolute atomic E-state index is 13.9. The van der Waals surface area contributed by atoms with Crippen molar-refractivity contribution in [3.8, 4) is 0 Å². The van der Waals surface area contributed by atoms with Gasteiger partial charge in [0.2, 0.25) is 0 Å². The fourth-order valence-electron chi connectivity index (χ4n) is 3.04. The summed E-state index contributed by atoms with van der Waals surface area (Å²) >= 11 is 0. The number of piperazine rings is 1. The zero-order chi connectivity index (χ0) is 17.6. The molecule has 1 saturated heterocycles. The summed E-state index contributed by atoms with van der Waals surface area (Å²) in [4.78, 5) is 8.62. The van der Waals surface area contributed by atoms with Gasteiger partial charge in [0, 0.05) is 39.8 Å². The number of aromatic nitrogens is 3. The molecule has 7 nitrogen and oxygen atoms in total. The van der Waals surface area contributed by atoms with E-state index in [1.807, 2.05) is 16.7 Å². The molecule has 2 aromatic rings. The maximum Gasteiger partial charge on any atom is 0.194 e.